The maximum atomic E-state index is 12.2. The summed E-state index contributed by atoms with van der Waals surface area (Å²) in [6.07, 6.45) is 2.20. The van der Waals surface area contributed by atoms with E-state index in [1.54, 1.807) is 19.3 Å². The van der Waals surface area contributed by atoms with Crippen LogP contribution in [0.1, 0.15) is 10.4 Å². The van der Waals surface area contributed by atoms with Gasteiger partial charge in [-0.05, 0) is 34.2 Å². The first-order valence-corrected chi connectivity index (χ1v) is 9.80. The average molecular weight is 442 g/mol. The van der Waals surface area contributed by atoms with Crippen LogP contribution in [0.25, 0.3) is 10.9 Å². The summed E-state index contributed by atoms with van der Waals surface area (Å²) in [5.41, 5.74) is 1.51. The Balaban J connectivity index is 2.63. The molecule has 0 fully saturated rings. The Bertz CT molecular complexity index is 604. The largest absolute Gasteiger partial charge is 0.277 e. The van der Waals surface area contributed by atoms with E-state index in [0.29, 0.717) is 11.9 Å². The molecule has 1 amide bonds. The van der Waals surface area contributed by atoms with Gasteiger partial charge in [0.25, 0.3) is 5.91 Å². The van der Waals surface area contributed by atoms with Crippen LogP contribution in [-0.4, -0.2) is 34.7 Å². The van der Waals surface area contributed by atoms with E-state index >= 15 is 0 Å². The molecule has 2 aromatic rings. The Morgan fingerprint density at radius 1 is 1.61 bits per heavy atom. The lowest BCUT2D eigenvalue weighted by Gasteiger charge is -2.14. The Hall–Kier alpha value is -0.240. The second-order valence-electron chi connectivity index (χ2n) is 3.51. The molecule has 1 unspecified atom stereocenters. The lowest BCUT2D eigenvalue weighted by atomic mass is 10.1. The molecule has 0 aliphatic carbocycles. The summed E-state index contributed by atoms with van der Waals surface area (Å²) in [6, 6.07) is 3.74. The number of hydrogen-bond donors (Lipinski definition) is 0. The lowest BCUT2D eigenvalue weighted by molar-refractivity contribution is -0.0755. The molecule has 0 radical (unpaired) electrons. The predicted molar refractivity (Wildman–Crippen MR) is 84.3 cm³/mol. The molecular formula is C10H10BrIN3O2P. The van der Waals surface area contributed by atoms with Gasteiger partial charge in [-0.2, -0.15) is 5.10 Å². The molecule has 0 aliphatic heterocycles. The third kappa shape index (κ3) is 2.54. The number of amides is 1. The minimum absolute atomic E-state index is 0.194. The number of rotatable bonds is 3. The van der Waals surface area contributed by atoms with Gasteiger partial charge in [0, 0.05) is 16.9 Å². The van der Waals surface area contributed by atoms with E-state index in [4.69, 9.17) is 4.84 Å². The van der Waals surface area contributed by atoms with E-state index in [2.05, 4.69) is 43.1 Å². The first kappa shape index (κ1) is 14.2. The minimum Gasteiger partial charge on any atom is -0.274 e. The number of nitrogens with zero attached hydrogens (tertiary/aromatic N) is 3. The fourth-order valence-electron chi connectivity index (χ4n) is 1.59. The van der Waals surface area contributed by atoms with Gasteiger partial charge in [-0.1, -0.05) is 15.9 Å². The van der Waals surface area contributed by atoms with Crippen LogP contribution >= 0.6 is 44.3 Å². The summed E-state index contributed by atoms with van der Waals surface area (Å²) in [4.78, 5) is 17.1. The molecule has 0 bridgehead atoms. The zero-order chi connectivity index (χ0) is 13.3. The molecule has 1 aromatic heterocycles. The molecule has 0 spiro atoms. The van der Waals surface area contributed by atoms with E-state index in [9.17, 15) is 4.79 Å². The van der Waals surface area contributed by atoms with Crippen molar-refractivity contribution in [3.8, 4) is 0 Å². The normalized spacial score (nSPS) is 11.6. The lowest BCUT2D eigenvalue weighted by Crippen LogP contribution is -2.25. The Morgan fingerprint density at radius 3 is 2.94 bits per heavy atom. The molecule has 0 saturated heterocycles. The molecule has 0 aliphatic rings. The van der Waals surface area contributed by atoms with Gasteiger partial charge in [-0.25, -0.2) is 9.52 Å². The second-order valence-corrected chi connectivity index (χ2v) is 6.47. The van der Waals surface area contributed by atoms with Gasteiger partial charge in [-0.15, -0.1) is 0 Å². The second kappa shape index (κ2) is 5.81. The SMILES string of the molecule is CON(C)C(=O)c1cc(Br)cc2c1cnn2PI. The van der Waals surface area contributed by atoms with Gasteiger partial charge < -0.3 is 0 Å². The number of hydrogen-bond acceptors (Lipinski definition) is 3. The zero-order valence-electron chi connectivity index (χ0n) is 9.65. The van der Waals surface area contributed by atoms with Crippen molar-refractivity contribution in [2.24, 2.45) is 0 Å². The van der Waals surface area contributed by atoms with Gasteiger partial charge in [0.1, 0.15) is 0 Å². The Kier molecular flexibility index (Phi) is 4.58. The van der Waals surface area contributed by atoms with Crippen LogP contribution in [0.2, 0.25) is 0 Å². The smallest absolute Gasteiger partial charge is 0.274 e. The quantitative estimate of drug-likeness (QED) is 0.417. The van der Waals surface area contributed by atoms with Crippen molar-refractivity contribution < 1.29 is 9.63 Å². The summed E-state index contributed by atoms with van der Waals surface area (Å²) >= 11 is 5.67. The van der Waals surface area contributed by atoms with Gasteiger partial charge in [0.15, 0.2) is 0 Å². The fourth-order valence-corrected chi connectivity index (χ4v) is 3.57. The van der Waals surface area contributed by atoms with Crippen molar-refractivity contribution in [1.29, 1.82) is 0 Å². The van der Waals surface area contributed by atoms with Crippen LogP contribution in [0.4, 0.5) is 0 Å². The van der Waals surface area contributed by atoms with Crippen molar-refractivity contribution >= 4 is 61.2 Å². The van der Waals surface area contributed by atoms with E-state index in [0.717, 1.165) is 15.4 Å². The third-order valence-corrected chi connectivity index (χ3v) is 4.87. The van der Waals surface area contributed by atoms with E-state index in [1.165, 1.54) is 12.2 Å². The van der Waals surface area contributed by atoms with E-state index in [1.807, 2.05) is 10.5 Å². The molecule has 5 nitrogen and oxygen atoms in total. The summed E-state index contributed by atoms with van der Waals surface area (Å²) in [5.74, 6) is -0.194. The molecule has 0 N–H and O–H groups in total. The Labute approximate surface area is 127 Å². The maximum absolute atomic E-state index is 12.2. The number of carbonyl (C=O) groups is 1. The minimum atomic E-state index is -0.194. The van der Waals surface area contributed by atoms with Crippen molar-refractivity contribution in [2.75, 3.05) is 14.2 Å². The number of hydroxylamine groups is 2. The first-order valence-electron chi connectivity index (χ1n) is 4.94. The highest BCUT2D eigenvalue weighted by atomic mass is 127. The summed E-state index contributed by atoms with van der Waals surface area (Å²) in [7, 11) is 3.04. The van der Waals surface area contributed by atoms with Crippen molar-refractivity contribution in [3.63, 3.8) is 0 Å². The van der Waals surface area contributed by atoms with Crippen LogP contribution in [0.3, 0.4) is 0 Å². The van der Waals surface area contributed by atoms with Crippen LogP contribution < -0.4 is 0 Å². The highest BCUT2D eigenvalue weighted by molar-refractivity contribution is 14.2. The number of carbonyl (C=O) groups excluding carboxylic acids is 1. The van der Waals surface area contributed by atoms with Gasteiger partial charge in [0.2, 0.25) is 0 Å². The standard InChI is InChI=1S/C10H10BrIN3O2P/c1-14(17-2)10(16)7-3-6(11)4-9-8(7)5-13-15(9)18-12/h3-5,18H,1-2H3. The van der Waals surface area contributed by atoms with Crippen LogP contribution in [0, 0.1) is 0 Å². The first-order chi connectivity index (χ1) is 8.58. The highest BCUT2D eigenvalue weighted by Gasteiger charge is 2.18. The van der Waals surface area contributed by atoms with Crippen molar-refractivity contribution in [1.82, 2.24) is 14.6 Å². The van der Waals surface area contributed by atoms with Crippen LogP contribution in [0.5, 0.6) is 0 Å². The topological polar surface area (TPSA) is 47.4 Å². The summed E-state index contributed by atoms with van der Waals surface area (Å²) < 4.78 is 2.71. The Morgan fingerprint density at radius 2 is 2.33 bits per heavy atom. The molecule has 1 heterocycles. The fraction of sp³-hybridized carbons (Fsp3) is 0.200. The number of aromatic nitrogens is 2. The molecule has 1 atom stereocenters. The van der Waals surface area contributed by atoms with Crippen LogP contribution in [-0.2, 0) is 4.84 Å². The molecule has 0 saturated carbocycles. The summed E-state index contributed by atoms with van der Waals surface area (Å²) in [5, 5.41) is 6.30. The number of benzene rings is 1. The molecule has 2 rings (SSSR count). The number of fused-ring (bicyclic) bond motifs is 1. The summed E-state index contributed by atoms with van der Waals surface area (Å²) in [6.45, 7) is 0. The average Bonchev–Trinajstić information content (AvgIpc) is 2.78. The third-order valence-electron chi connectivity index (χ3n) is 2.52. The van der Waals surface area contributed by atoms with Gasteiger partial charge in [0.05, 0.1) is 30.8 Å². The number of halogens is 2. The predicted octanol–water partition coefficient (Wildman–Crippen LogP) is 3.22. The molecule has 1 aromatic carbocycles. The maximum Gasteiger partial charge on any atom is 0.277 e. The highest BCUT2D eigenvalue weighted by Crippen LogP contribution is 2.32. The molecule has 8 heteroatoms. The van der Waals surface area contributed by atoms with Crippen LogP contribution in [0.15, 0.2) is 22.8 Å². The molecular weight excluding hydrogens is 432 g/mol. The monoisotopic (exact) mass is 441 g/mol. The zero-order valence-corrected chi connectivity index (χ0v) is 14.4. The van der Waals surface area contributed by atoms with E-state index in [-0.39, 0.29) is 5.91 Å². The van der Waals surface area contributed by atoms with Crippen molar-refractivity contribution in [2.45, 2.75) is 0 Å². The van der Waals surface area contributed by atoms with Crippen molar-refractivity contribution in [3.05, 3.63) is 28.4 Å². The van der Waals surface area contributed by atoms with Gasteiger partial charge >= 0.3 is 0 Å². The molecule has 18 heavy (non-hydrogen) atoms. The molecule has 96 valence electrons. The van der Waals surface area contributed by atoms with E-state index < -0.39 is 0 Å². The van der Waals surface area contributed by atoms with Gasteiger partial charge in [-0.3, -0.25) is 9.63 Å².